The zero-order chi connectivity index (χ0) is 17.9. The fourth-order valence-electron chi connectivity index (χ4n) is 4.12. The topological polar surface area (TPSA) is 58.1 Å². The summed E-state index contributed by atoms with van der Waals surface area (Å²) >= 11 is 0. The molecule has 0 radical (unpaired) electrons. The summed E-state index contributed by atoms with van der Waals surface area (Å²) in [5.41, 5.74) is 3.67. The van der Waals surface area contributed by atoms with Crippen LogP contribution in [0.15, 0.2) is 36.5 Å². The predicted octanol–water partition coefficient (Wildman–Crippen LogP) is 3.20. The Kier molecular flexibility index (Phi) is 4.87. The second kappa shape index (κ2) is 7.44. The second-order valence-corrected chi connectivity index (χ2v) is 7.41. The van der Waals surface area contributed by atoms with Gasteiger partial charge in [-0.1, -0.05) is 24.3 Å². The lowest BCUT2D eigenvalue weighted by molar-refractivity contribution is -0.126. The van der Waals surface area contributed by atoms with Gasteiger partial charge in [0.05, 0.1) is 6.04 Å². The number of anilines is 1. The molecule has 1 amide bonds. The molecule has 1 aliphatic heterocycles. The summed E-state index contributed by atoms with van der Waals surface area (Å²) in [5, 5.41) is 3.32. The number of rotatable bonds is 3. The number of aryl methyl sites for hydroxylation is 2. The summed E-state index contributed by atoms with van der Waals surface area (Å²) in [6.45, 7) is 3.65. The van der Waals surface area contributed by atoms with Crippen LogP contribution >= 0.6 is 0 Å². The minimum Gasteiger partial charge on any atom is -0.349 e. The highest BCUT2D eigenvalue weighted by atomic mass is 16.1. The Bertz CT molecular complexity index is 783. The van der Waals surface area contributed by atoms with Crippen molar-refractivity contribution >= 4 is 11.9 Å². The van der Waals surface area contributed by atoms with Crippen molar-refractivity contribution in [1.82, 2.24) is 15.3 Å². The first-order valence-corrected chi connectivity index (χ1v) is 9.63. The van der Waals surface area contributed by atoms with Gasteiger partial charge in [-0.05, 0) is 56.2 Å². The van der Waals surface area contributed by atoms with Gasteiger partial charge in [0.25, 0.3) is 0 Å². The molecule has 136 valence electrons. The maximum absolute atomic E-state index is 12.8. The van der Waals surface area contributed by atoms with Gasteiger partial charge < -0.3 is 10.2 Å². The van der Waals surface area contributed by atoms with E-state index in [9.17, 15) is 4.79 Å². The SMILES string of the molecule is Cc1ccnc(N2CCC(C(=O)NC3CCCc4ccccc43)CC2)n1. The molecule has 0 bridgehead atoms. The number of amides is 1. The van der Waals surface area contributed by atoms with Gasteiger partial charge in [-0.2, -0.15) is 0 Å². The molecule has 1 aliphatic carbocycles. The number of carbonyl (C=O) groups excluding carboxylic acids is 1. The molecule has 5 heteroatoms. The molecule has 1 aromatic carbocycles. The van der Waals surface area contributed by atoms with Crippen molar-refractivity contribution in [2.75, 3.05) is 18.0 Å². The van der Waals surface area contributed by atoms with E-state index in [2.05, 4.69) is 44.5 Å². The molecule has 5 nitrogen and oxygen atoms in total. The maximum atomic E-state index is 12.8. The Morgan fingerprint density at radius 3 is 2.77 bits per heavy atom. The van der Waals surface area contributed by atoms with E-state index in [0.29, 0.717) is 0 Å². The number of piperidine rings is 1. The number of hydrogen-bond donors (Lipinski definition) is 1. The lowest BCUT2D eigenvalue weighted by Crippen LogP contribution is -2.42. The number of nitrogens with one attached hydrogen (secondary N) is 1. The van der Waals surface area contributed by atoms with E-state index in [1.807, 2.05) is 13.0 Å². The second-order valence-electron chi connectivity index (χ2n) is 7.41. The van der Waals surface area contributed by atoms with E-state index in [4.69, 9.17) is 0 Å². The van der Waals surface area contributed by atoms with Crippen LogP contribution in [-0.4, -0.2) is 29.0 Å². The van der Waals surface area contributed by atoms with Gasteiger partial charge in [-0.3, -0.25) is 4.79 Å². The number of carbonyl (C=O) groups is 1. The lowest BCUT2D eigenvalue weighted by atomic mass is 9.87. The number of hydrogen-bond acceptors (Lipinski definition) is 4. The third-order valence-electron chi connectivity index (χ3n) is 5.62. The van der Waals surface area contributed by atoms with Gasteiger partial charge in [0, 0.05) is 30.9 Å². The van der Waals surface area contributed by atoms with Crippen LogP contribution in [0.2, 0.25) is 0 Å². The highest BCUT2D eigenvalue weighted by Gasteiger charge is 2.29. The first-order chi connectivity index (χ1) is 12.7. The van der Waals surface area contributed by atoms with Gasteiger partial charge in [0.1, 0.15) is 0 Å². The summed E-state index contributed by atoms with van der Waals surface area (Å²) in [6, 6.07) is 10.6. The Balaban J connectivity index is 1.36. The first-order valence-electron chi connectivity index (χ1n) is 9.63. The van der Waals surface area contributed by atoms with Gasteiger partial charge >= 0.3 is 0 Å². The summed E-state index contributed by atoms with van der Waals surface area (Å²) in [7, 11) is 0. The van der Waals surface area contributed by atoms with E-state index in [1.54, 1.807) is 6.20 Å². The van der Waals surface area contributed by atoms with Crippen LogP contribution in [0.3, 0.4) is 0 Å². The largest absolute Gasteiger partial charge is 0.349 e. The molecule has 1 unspecified atom stereocenters. The average Bonchev–Trinajstić information content (AvgIpc) is 2.68. The van der Waals surface area contributed by atoms with Gasteiger partial charge in [0.15, 0.2) is 0 Å². The smallest absolute Gasteiger partial charge is 0.225 e. The van der Waals surface area contributed by atoms with E-state index in [-0.39, 0.29) is 17.9 Å². The van der Waals surface area contributed by atoms with E-state index in [0.717, 1.165) is 56.8 Å². The molecular formula is C21H26N4O. The van der Waals surface area contributed by atoms with E-state index in [1.165, 1.54) is 11.1 Å². The van der Waals surface area contributed by atoms with Crippen molar-refractivity contribution in [3.63, 3.8) is 0 Å². The van der Waals surface area contributed by atoms with Crippen molar-refractivity contribution in [3.8, 4) is 0 Å². The molecule has 0 saturated carbocycles. The minimum atomic E-state index is 0.0881. The molecule has 1 N–H and O–H groups in total. The van der Waals surface area contributed by atoms with Gasteiger partial charge in [-0.25, -0.2) is 9.97 Å². The third-order valence-corrected chi connectivity index (χ3v) is 5.62. The first kappa shape index (κ1) is 17.0. The molecule has 2 aliphatic rings. The summed E-state index contributed by atoms with van der Waals surface area (Å²) in [4.78, 5) is 23.9. The van der Waals surface area contributed by atoms with Crippen LogP contribution in [0, 0.1) is 12.8 Å². The van der Waals surface area contributed by atoms with Crippen LogP contribution in [0.1, 0.15) is 48.5 Å². The summed E-state index contributed by atoms with van der Waals surface area (Å²) < 4.78 is 0. The number of aromatic nitrogens is 2. The molecule has 1 fully saturated rings. The maximum Gasteiger partial charge on any atom is 0.225 e. The zero-order valence-corrected chi connectivity index (χ0v) is 15.3. The van der Waals surface area contributed by atoms with E-state index < -0.39 is 0 Å². The molecule has 0 spiro atoms. The Labute approximate surface area is 154 Å². The molecular weight excluding hydrogens is 324 g/mol. The summed E-state index contributed by atoms with van der Waals surface area (Å²) in [5.74, 6) is 1.08. The molecule has 2 aromatic rings. The highest BCUT2D eigenvalue weighted by molar-refractivity contribution is 5.79. The van der Waals surface area contributed by atoms with Crippen molar-refractivity contribution in [3.05, 3.63) is 53.3 Å². The van der Waals surface area contributed by atoms with Crippen molar-refractivity contribution in [1.29, 1.82) is 0 Å². The Hall–Kier alpha value is -2.43. The quantitative estimate of drug-likeness (QED) is 0.924. The van der Waals surface area contributed by atoms with Crippen LogP contribution in [-0.2, 0) is 11.2 Å². The Morgan fingerprint density at radius 1 is 1.15 bits per heavy atom. The molecule has 1 atom stereocenters. The minimum absolute atomic E-state index is 0.0881. The third kappa shape index (κ3) is 3.57. The fraction of sp³-hybridized carbons (Fsp3) is 0.476. The van der Waals surface area contributed by atoms with Crippen LogP contribution in [0.5, 0.6) is 0 Å². The molecule has 1 aromatic heterocycles. The highest BCUT2D eigenvalue weighted by Crippen LogP contribution is 2.30. The lowest BCUT2D eigenvalue weighted by Gasteiger charge is -2.33. The van der Waals surface area contributed by atoms with Gasteiger partial charge in [0.2, 0.25) is 11.9 Å². The molecule has 4 rings (SSSR count). The fourth-order valence-corrected chi connectivity index (χ4v) is 4.12. The zero-order valence-electron chi connectivity index (χ0n) is 15.3. The Morgan fingerprint density at radius 2 is 1.96 bits per heavy atom. The monoisotopic (exact) mass is 350 g/mol. The number of benzene rings is 1. The van der Waals surface area contributed by atoms with Gasteiger partial charge in [-0.15, -0.1) is 0 Å². The molecule has 26 heavy (non-hydrogen) atoms. The molecule has 2 heterocycles. The standard InChI is InChI=1S/C21H26N4O/c1-15-9-12-22-21(23-15)25-13-10-17(11-14-25)20(26)24-19-8-4-6-16-5-2-3-7-18(16)19/h2-3,5,7,9,12,17,19H,4,6,8,10-11,13-14H2,1H3,(H,24,26). The van der Waals surface area contributed by atoms with Crippen molar-refractivity contribution in [2.45, 2.75) is 45.1 Å². The van der Waals surface area contributed by atoms with Crippen LogP contribution in [0.4, 0.5) is 5.95 Å². The molecule has 1 saturated heterocycles. The number of fused-ring (bicyclic) bond motifs is 1. The van der Waals surface area contributed by atoms with Crippen molar-refractivity contribution in [2.24, 2.45) is 5.92 Å². The van der Waals surface area contributed by atoms with Crippen LogP contribution in [0.25, 0.3) is 0 Å². The average molecular weight is 350 g/mol. The predicted molar refractivity (Wildman–Crippen MR) is 102 cm³/mol. The van der Waals surface area contributed by atoms with Crippen molar-refractivity contribution < 1.29 is 4.79 Å². The normalized spacial score (nSPS) is 20.5. The number of nitrogens with zero attached hydrogens (tertiary/aromatic N) is 3. The summed E-state index contributed by atoms with van der Waals surface area (Å²) in [6.07, 6.45) is 6.83. The van der Waals surface area contributed by atoms with E-state index >= 15 is 0 Å². The van der Waals surface area contributed by atoms with Crippen LogP contribution < -0.4 is 10.2 Å².